The van der Waals surface area contributed by atoms with E-state index in [0.717, 1.165) is 43.1 Å². The first-order chi connectivity index (χ1) is 12.2. The van der Waals surface area contributed by atoms with Gasteiger partial charge in [0.1, 0.15) is 5.75 Å². The van der Waals surface area contributed by atoms with Crippen molar-refractivity contribution in [3.05, 3.63) is 42.2 Å². The minimum Gasteiger partial charge on any atom is -0.477 e. The zero-order chi connectivity index (χ0) is 17.2. The lowest BCUT2D eigenvalue weighted by Gasteiger charge is -2.38. The van der Waals surface area contributed by atoms with Gasteiger partial charge in [-0.1, -0.05) is 12.1 Å². The Bertz CT molecular complexity index is 751. The standard InChI is InChI=1S/C19H24N4O2/c1-21-15(9-10-20-21)13-23-14-18(19(24)22-11-5-2-6-12-22)25-17-8-4-3-7-16(17)23/h3-4,7-10,18H,2,5-6,11-14H2,1H3. The third-order valence-electron chi connectivity index (χ3n) is 5.08. The Morgan fingerprint density at radius 3 is 2.76 bits per heavy atom. The number of ether oxygens (including phenoxy) is 1. The molecule has 2 aliphatic rings. The number of para-hydroxylation sites is 2. The second-order valence-corrected chi connectivity index (χ2v) is 6.79. The maximum atomic E-state index is 12.9. The van der Waals surface area contributed by atoms with Crippen molar-refractivity contribution in [3.63, 3.8) is 0 Å². The fourth-order valence-electron chi connectivity index (χ4n) is 3.66. The second-order valence-electron chi connectivity index (χ2n) is 6.79. The van der Waals surface area contributed by atoms with Crippen LogP contribution in [0.5, 0.6) is 5.75 Å². The molecule has 4 rings (SSSR count). The van der Waals surface area contributed by atoms with Gasteiger partial charge in [0.15, 0.2) is 6.10 Å². The van der Waals surface area contributed by atoms with Crippen molar-refractivity contribution in [2.24, 2.45) is 7.05 Å². The van der Waals surface area contributed by atoms with Crippen LogP contribution in [0.2, 0.25) is 0 Å². The van der Waals surface area contributed by atoms with Crippen LogP contribution in [0.15, 0.2) is 36.5 Å². The Balaban J connectivity index is 1.57. The summed E-state index contributed by atoms with van der Waals surface area (Å²) in [5.41, 5.74) is 2.15. The SMILES string of the molecule is Cn1nccc1CN1CC(C(=O)N2CCCCC2)Oc2ccccc21. The zero-order valence-corrected chi connectivity index (χ0v) is 14.6. The number of benzene rings is 1. The maximum absolute atomic E-state index is 12.9. The molecule has 2 aromatic rings. The van der Waals surface area contributed by atoms with E-state index < -0.39 is 6.10 Å². The molecule has 2 aliphatic heterocycles. The molecule has 132 valence electrons. The Kier molecular flexibility index (Phi) is 4.34. The Morgan fingerprint density at radius 1 is 1.20 bits per heavy atom. The molecular weight excluding hydrogens is 316 g/mol. The Labute approximate surface area is 148 Å². The van der Waals surface area contributed by atoms with Crippen LogP contribution < -0.4 is 9.64 Å². The molecule has 1 atom stereocenters. The van der Waals surface area contributed by atoms with Crippen LogP contribution in [0.4, 0.5) is 5.69 Å². The number of hydrogen-bond acceptors (Lipinski definition) is 4. The lowest BCUT2D eigenvalue weighted by atomic mass is 10.1. The molecular formula is C19H24N4O2. The summed E-state index contributed by atoms with van der Waals surface area (Å²) in [6, 6.07) is 9.97. The number of likely N-dealkylation sites (tertiary alicyclic amines) is 1. The van der Waals surface area contributed by atoms with Gasteiger partial charge in [-0.25, -0.2) is 0 Å². The van der Waals surface area contributed by atoms with Crippen LogP contribution in [-0.2, 0) is 18.4 Å². The van der Waals surface area contributed by atoms with Crippen LogP contribution in [0.3, 0.4) is 0 Å². The van der Waals surface area contributed by atoms with E-state index in [2.05, 4.69) is 10.00 Å². The highest BCUT2D eigenvalue weighted by Crippen LogP contribution is 2.34. The summed E-state index contributed by atoms with van der Waals surface area (Å²) in [5, 5.41) is 4.25. The van der Waals surface area contributed by atoms with Crippen molar-refractivity contribution in [1.82, 2.24) is 14.7 Å². The number of nitrogens with zero attached hydrogens (tertiary/aromatic N) is 4. The van der Waals surface area contributed by atoms with E-state index in [9.17, 15) is 4.79 Å². The van der Waals surface area contributed by atoms with Crippen molar-refractivity contribution in [2.45, 2.75) is 31.9 Å². The molecule has 0 saturated carbocycles. The molecule has 6 nitrogen and oxygen atoms in total. The summed E-state index contributed by atoms with van der Waals surface area (Å²) >= 11 is 0. The van der Waals surface area contributed by atoms with Gasteiger partial charge in [0, 0.05) is 26.3 Å². The molecule has 1 fully saturated rings. The smallest absolute Gasteiger partial charge is 0.265 e. The molecule has 1 aromatic carbocycles. The summed E-state index contributed by atoms with van der Waals surface area (Å²) in [5.74, 6) is 0.899. The fourth-order valence-corrected chi connectivity index (χ4v) is 3.66. The highest BCUT2D eigenvalue weighted by Gasteiger charge is 2.34. The molecule has 1 aromatic heterocycles. The summed E-state index contributed by atoms with van der Waals surface area (Å²) < 4.78 is 7.95. The van der Waals surface area contributed by atoms with Crippen molar-refractivity contribution in [1.29, 1.82) is 0 Å². The lowest BCUT2D eigenvalue weighted by Crippen LogP contribution is -2.51. The fraction of sp³-hybridized carbons (Fsp3) is 0.474. The molecule has 6 heteroatoms. The molecule has 3 heterocycles. The van der Waals surface area contributed by atoms with Crippen molar-refractivity contribution < 1.29 is 9.53 Å². The number of hydrogen-bond donors (Lipinski definition) is 0. The van der Waals surface area contributed by atoms with E-state index in [4.69, 9.17) is 4.74 Å². The number of fused-ring (bicyclic) bond motifs is 1. The quantitative estimate of drug-likeness (QED) is 0.859. The number of anilines is 1. The molecule has 1 unspecified atom stereocenters. The molecule has 0 aliphatic carbocycles. The summed E-state index contributed by atoms with van der Waals surface area (Å²) in [4.78, 5) is 17.1. The minimum atomic E-state index is -0.443. The molecule has 0 bridgehead atoms. The average Bonchev–Trinajstić information content (AvgIpc) is 3.06. The predicted octanol–water partition coefficient (Wildman–Crippen LogP) is 2.20. The van der Waals surface area contributed by atoms with E-state index in [-0.39, 0.29) is 5.91 Å². The second kappa shape index (κ2) is 6.78. The van der Waals surface area contributed by atoms with Crippen molar-refractivity contribution in [2.75, 3.05) is 24.5 Å². The van der Waals surface area contributed by atoms with E-state index in [1.54, 1.807) is 6.20 Å². The van der Waals surface area contributed by atoms with Crippen molar-refractivity contribution in [3.8, 4) is 5.75 Å². The normalized spacial score (nSPS) is 20.1. The summed E-state index contributed by atoms with van der Waals surface area (Å²) in [6.45, 7) is 2.97. The van der Waals surface area contributed by atoms with E-state index in [0.29, 0.717) is 13.1 Å². The molecule has 0 radical (unpaired) electrons. The van der Waals surface area contributed by atoms with E-state index in [1.807, 2.05) is 47.0 Å². The van der Waals surface area contributed by atoms with E-state index in [1.165, 1.54) is 6.42 Å². The summed E-state index contributed by atoms with van der Waals surface area (Å²) in [6.07, 6.45) is 4.76. The van der Waals surface area contributed by atoms with Gasteiger partial charge in [-0.2, -0.15) is 5.10 Å². The first kappa shape index (κ1) is 16.0. The largest absolute Gasteiger partial charge is 0.477 e. The molecule has 0 N–H and O–H groups in total. The van der Waals surface area contributed by atoms with Crippen molar-refractivity contribution >= 4 is 11.6 Å². The zero-order valence-electron chi connectivity index (χ0n) is 14.6. The minimum absolute atomic E-state index is 0.115. The van der Waals surface area contributed by atoms with Gasteiger partial charge in [0.2, 0.25) is 0 Å². The number of rotatable bonds is 3. The molecule has 1 saturated heterocycles. The maximum Gasteiger partial charge on any atom is 0.265 e. The van der Waals surface area contributed by atoms with Crippen LogP contribution in [0.25, 0.3) is 0 Å². The first-order valence-electron chi connectivity index (χ1n) is 8.98. The number of carbonyl (C=O) groups is 1. The van der Waals surface area contributed by atoms with Crippen LogP contribution in [0, 0.1) is 0 Å². The molecule has 25 heavy (non-hydrogen) atoms. The third kappa shape index (κ3) is 3.21. The number of aryl methyl sites for hydroxylation is 1. The van der Waals surface area contributed by atoms with Gasteiger partial charge in [-0.05, 0) is 37.5 Å². The monoisotopic (exact) mass is 340 g/mol. The third-order valence-corrected chi connectivity index (χ3v) is 5.08. The van der Waals surface area contributed by atoms with Gasteiger partial charge < -0.3 is 14.5 Å². The summed E-state index contributed by atoms with van der Waals surface area (Å²) in [7, 11) is 1.94. The topological polar surface area (TPSA) is 50.6 Å². The number of piperidine rings is 1. The van der Waals surface area contributed by atoms with Crippen LogP contribution in [-0.4, -0.2) is 46.3 Å². The molecule has 1 amide bonds. The number of amides is 1. The van der Waals surface area contributed by atoms with Gasteiger partial charge in [-0.3, -0.25) is 9.48 Å². The number of aromatic nitrogens is 2. The first-order valence-corrected chi connectivity index (χ1v) is 8.98. The van der Waals surface area contributed by atoms with Crippen LogP contribution in [0.1, 0.15) is 25.0 Å². The highest BCUT2D eigenvalue weighted by molar-refractivity contribution is 5.83. The Hall–Kier alpha value is -2.50. The van der Waals surface area contributed by atoms with Gasteiger partial charge in [0.25, 0.3) is 5.91 Å². The molecule has 0 spiro atoms. The van der Waals surface area contributed by atoms with Crippen LogP contribution >= 0.6 is 0 Å². The van der Waals surface area contributed by atoms with E-state index >= 15 is 0 Å². The predicted molar refractivity (Wildman–Crippen MR) is 95.5 cm³/mol. The Morgan fingerprint density at radius 2 is 2.00 bits per heavy atom. The average molecular weight is 340 g/mol. The van der Waals surface area contributed by atoms with Gasteiger partial charge in [0.05, 0.1) is 24.5 Å². The van der Waals surface area contributed by atoms with Gasteiger partial charge in [-0.15, -0.1) is 0 Å². The number of carbonyl (C=O) groups excluding carboxylic acids is 1. The lowest BCUT2D eigenvalue weighted by molar-refractivity contribution is -0.139. The van der Waals surface area contributed by atoms with Gasteiger partial charge >= 0.3 is 0 Å². The highest BCUT2D eigenvalue weighted by atomic mass is 16.5.